The summed E-state index contributed by atoms with van der Waals surface area (Å²) < 4.78 is 2.03. The molecular formula is C24H20Cl2N4O4S. The summed E-state index contributed by atoms with van der Waals surface area (Å²) in [4.78, 5) is 52.4. The van der Waals surface area contributed by atoms with Crippen molar-refractivity contribution in [2.24, 2.45) is 0 Å². The minimum atomic E-state index is -0.750. The van der Waals surface area contributed by atoms with Crippen LogP contribution in [0.1, 0.15) is 10.4 Å². The molecule has 2 aromatic heterocycles. The van der Waals surface area contributed by atoms with Crippen molar-refractivity contribution in [1.82, 2.24) is 19.8 Å². The molecule has 0 spiro atoms. The van der Waals surface area contributed by atoms with Gasteiger partial charge in [0.25, 0.3) is 5.56 Å². The number of aromatic nitrogens is 2. The molecule has 0 bridgehead atoms. The highest BCUT2D eigenvalue weighted by Crippen LogP contribution is 2.20. The maximum atomic E-state index is 13.2. The van der Waals surface area contributed by atoms with Crippen LogP contribution in [-0.4, -0.2) is 20.9 Å². The summed E-state index contributed by atoms with van der Waals surface area (Å²) in [5, 5.41) is 8.41. The number of hydrogen-bond acceptors (Lipinski definition) is 5. The van der Waals surface area contributed by atoms with Gasteiger partial charge in [0.15, 0.2) is 0 Å². The Morgan fingerprint density at radius 2 is 1.57 bits per heavy atom. The van der Waals surface area contributed by atoms with E-state index in [1.165, 1.54) is 15.9 Å². The topological polar surface area (TPSA) is 102 Å². The van der Waals surface area contributed by atoms with Gasteiger partial charge >= 0.3 is 5.69 Å². The van der Waals surface area contributed by atoms with Crippen LogP contribution in [0.15, 0.2) is 69.6 Å². The average molecular weight is 531 g/mol. The molecule has 2 N–H and O–H groups in total. The molecule has 0 aliphatic carbocycles. The molecule has 2 amide bonds. The van der Waals surface area contributed by atoms with E-state index < -0.39 is 29.6 Å². The number of amides is 2. The fraction of sp³-hybridized carbons (Fsp3) is 0.167. The largest absolute Gasteiger partial charge is 0.350 e. The van der Waals surface area contributed by atoms with Crippen molar-refractivity contribution >= 4 is 57.3 Å². The molecule has 4 rings (SSSR count). The van der Waals surface area contributed by atoms with Gasteiger partial charge in [-0.05, 0) is 41.3 Å². The predicted molar refractivity (Wildman–Crippen MR) is 137 cm³/mol. The Kier molecular flexibility index (Phi) is 7.70. The second-order valence-corrected chi connectivity index (χ2v) is 9.52. The summed E-state index contributed by atoms with van der Waals surface area (Å²) in [6, 6.07) is 15.1. The summed E-state index contributed by atoms with van der Waals surface area (Å²) in [7, 11) is 0. The highest BCUT2D eigenvalue weighted by Gasteiger charge is 2.17. The number of para-hydroxylation sites is 1. The highest BCUT2D eigenvalue weighted by atomic mass is 35.5. The normalized spacial score (nSPS) is 10.9. The van der Waals surface area contributed by atoms with Crippen molar-refractivity contribution in [3.63, 3.8) is 0 Å². The van der Waals surface area contributed by atoms with Crippen molar-refractivity contribution in [2.75, 3.05) is 0 Å². The molecule has 35 heavy (non-hydrogen) atoms. The number of carbonyl (C=O) groups is 2. The Bertz CT molecular complexity index is 1510. The first-order chi connectivity index (χ1) is 16.8. The van der Waals surface area contributed by atoms with Crippen LogP contribution in [0.4, 0.5) is 0 Å². The lowest BCUT2D eigenvalue weighted by Gasteiger charge is -2.14. The van der Waals surface area contributed by atoms with Crippen LogP contribution in [0.2, 0.25) is 10.0 Å². The number of nitrogens with one attached hydrogen (secondary N) is 2. The summed E-state index contributed by atoms with van der Waals surface area (Å²) >= 11 is 13.5. The van der Waals surface area contributed by atoms with Gasteiger partial charge in [-0.3, -0.25) is 23.5 Å². The number of fused-ring (bicyclic) bond motifs is 1. The minimum absolute atomic E-state index is 0.0937. The molecule has 8 nitrogen and oxygen atoms in total. The maximum Gasteiger partial charge on any atom is 0.332 e. The van der Waals surface area contributed by atoms with E-state index in [1.807, 2.05) is 17.5 Å². The Balaban J connectivity index is 1.56. The van der Waals surface area contributed by atoms with Crippen molar-refractivity contribution < 1.29 is 9.59 Å². The lowest BCUT2D eigenvalue weighted by Crippen LogP contribution is -2.45. The first-order valence-electron chi connectivity index (χ1n) is 10.6. The van der Waals surface area contributed by atoms with E-state index in [0.717, 1.165) is 9.44 Å². The first-order valence-corrected chi connectivity index (χ1v) is 12.2. The van der Waals surface area contributed by atoms with E-state index in [2.05, 4.69) is 10.6 Å². The van der Waals surface area contributed by atoms with Crippen LogP contribution in [0.3, 0.4) is 0 Å². The Labute approximate surface area is 213 Å². The Morgan fingerprint density at radius 3 is 2.29 bits per heavy atom. The molecule has 180 valence electrons. The molecule has 0 radical (unpaired) electrons. The standard InChI is InChI=1S/C24H20Cl2N4O4S/c25-16-8-7-15(19(26)10-16)11-27-22(32)14-30-23(33)18-5-1-2-6-20(18)29(24(30)34)13-21(31)28-12-17-4-3-9-35-17/h1-10H,11-14H2,(H,27,32)(H,28,31). The third-order valence-corrected chi connectivity index (χ3v) is 6.73. The lowest BCUT2D eigenvalue weighted by atomic mass is 10.2. The van der Waals surface area contributed by atoms with Crippen molar-refractivity contribution in [1.29, 1.82) is 0 Å². The van der Waals surface area contributed by atoms with Gasteiger partial charge in [0.2, 0.25) is 11.8 Å². The molecule has 4 aromatic rings. The average Bonchev–Trinajstić information content (AvgIpc) is 3.36. The molecule has 2 heterocycles. The van der Waals surface area contributed by atoms with Crippen LogP contribution in [0.25, 0.3) is 10.9 Å². The number of hydrogen-bond donors (Lipinski definition) is 2. The molecule has 0 atom stereocenters. The molecule has 2 aromatic carbocycles. The maximum absolute atomic E-state index is 13.2. The molecular weight excluding hydrogens is 511 g/mol. The third-order valence-electron chi connectivity index (χ3n) is 5.27. The Morgan fingerprint density at radius 1 is 0.857 bits per heavy atom. The number of rotatable bonds is 8. The predicted octanol–water partition coefficient (Wildman–Crippen LogP) is 3.16. The molecule has 0 unspecified atom stereocenters. The molecule has 11 heteroatoms. The van der Waals surface area contributed by atoms with Crippen LogP contribution < -0.4 is 21.9 Å². The van der Waals surface area contributed by atoms with Gasteiger partial charge in [0.05, 0.1) is 17.4 Å². The van der Waals surface area contributed by atoms with Crippen LogP contribution in [0.5, 0.6) is 0 Å². The third kappa shape index (κ3) is 5.82. The summed E-state index contributed by atoms with van der Waals surface area (Å²) in [5.74, 6) is -0.947. The van der Waals surface area contributed by atoms with E-state index in [4.69, 9.17) is 23.2 Å². The smallest absolute Gasteiger partial charge is 0.332 e. The van der Waals surface area contributed by atoms with E-state index >= 15 is 0 Å². The van der Waals surface area contributed by atoms with Crippen molar-refractivity contribution in [3.05, 3.63) is 101 Å². The minimum Gasteiger partial charge on any atom is -0.350 e. The summed E-state index contributed by atoms with van der Waals surface area (Å²) in [5.41, 5.74) is -0.409. The molecule has 0 saturated heterocycles. The monoisotopic (exact) mass is 530 g/mol. The number of halogens is 2. The Hall–Kier alpha value is -3.40. The summed E-state index contributed by atoms with van der Waals surface area (Å²) in [6.07, 6.45) is 0. The molecule has 0 saturated carbocycles. The molecule has 0 aliphatic rings. The van der Waals surface area contributed by atoms with Gasteiger partial charge in [0, 0.05) is 21.5 Å². The second kappa shape index (κ2) is 10.9. The second-order valence-electron chi connectivity index (χ2n) is 7.65. The highest BCUT2D eigenvalue weighted by molar-refractivity contribution is 7.09. The van der Waals surface area contributed by atoms with Crippen LogP contribution in [-0.2, 0) is 35.8 Å². The number of thiophene rings is 1. The van der Waals surface area contributed by atoms with Crippen LogP contribution >= 0.6 is 34.5 Å². The van der Waals surface area contributed by atoms with Crippen LogP contribution in [0, 0.1) is 0 Å². The van der Waals surface area contributed by atoms with Crippen molar-refractivity contribution in [3.8, 4) is 0 Å². The quantitative estimate of drug-likeness (QED) is 0.365. The van der Waals surface area contributed by atoms with Gasteiger partial charge in [-0.25, -0.2) is 4.79 Å². The van der Waals surface area contributed by atoms with E-state index in [1.54, 1.807) is 42.5 Å². The molecule has 0 aliphatic heterocycles. The lowest BCUT2D eigenvalue weighted by molar-refractivity contribution is -0.122. The fourth-order valence-corrected chi connectivity index (χ4v) is 4.64. The first kappa shape index (κ1) is 24.7. The summed E-state index contributed by atoms with van der Waals surface area (Å²) in [6.45, 7) is -0.382. The van der Waals surface area contributed by atoms with Gasteiger partial charge < -0.3 is 10.6 Å². The number of nitrogens with zero attached hydrogens (tertiary/aromatic N) is 2. The van der Waals surface area contributed by atoms with E-state index in [9.17, 15) is 19.2 Å². The zero-order valence-electron chi connectivity index (χ0n) is 18.3. The van der Waals surface area contributed by atoms with E-state index in [0.29, 0.717) is 27.7 Å². The van der Waals surface area contributed by atoms with Gasteiger partial charge in [-0.1, -0.05) is 47.5 Å². The molecule has 0 fully saturated rings. The van der Waals surface area contributed by atoms with E-state index in [-0.39, 0.29) is 18.5 Å². The number of benzene rings is 2. The van der Waals surface area contributed by atoms with Crippen molar-refractivity contribution in [2.45, 2.75) is 26.2 Å². The van der Waals surface area contributed by atoms with Gasteiger partial charge in [-0.15, -0.1) is 11.3 Å². The number of carbonyl (C=O) groups excluding carboxylic acids is 2. The fourth-order valence-electron chi connectivity index (χ4n) is 3.52. The zero-order chi connectivity index (χ0) is 24.9. The van der Waals surface area contributed by atoms with Gasteiger partial charge in [0.1, 0.15) is 13.1 Å². The zero-order valence-corrected chi connectivity index (χ0v) is 20.6. The van der Waals surface area contributed by atoms with Gasteiger partial charge in [-0.2, -0.15) is 0 Å². The SMILES string of the molecule is O=C(Cn1c(=O)c2ccccc2n(CC(=O)NCc2cccs2)c1=O)NCc1ccc(Cl)cc1Cl.